The Morgan fingerprint density at radius 1 is 1.42 bits per heavy atom. The highest BCUT2D eigenvalue weighted by Crippen LogP contribution is 2.32. The number of ether oxygens (including phenoxy) is 1. The lowest BCUT2D eigenvalue weighted by atomic mass is 9.85. The molecule has 1 aromatic carbocycles. The molecule has 0 aliphatic heterocycles. The molecular weight excluding hydrogens is 242 g/mol. The van der Waals surface area contributed by atoms with E-state index in [4.69, 9.17) is 4.74 Å². The molecule has 4 nitrogen and oxygen atoms in total. The van der Waals surface area contributed by atoms with E-state index in [0.717, 1.165) is 16.6 Å². The van der Waals surface area contributed by atoms with Crippen LogP contribution in [0.2, 0.25) is 0 Å². The zero-order chi connectivity index (χ0) is 13.4. The van der Waals surface area contributed by atoms with Crippen molar-refractivity contribution in [2.24, 2.45) is 5.92 Å². The van der Waals surface area contributed by atoms with Gasteiger partial charge in [0, 0.05) is 22.2 Å². The van der Waals surface area contributed by atoms with Gasteiger partial charge in [-0.3, -0.25) is 9.59 Å². The van der Waals surface area contributed by atoms with E-state index in [0.29, 0.717) is 25.0 Å². The third-order valence-electron chi connectivity index (χ3n) is 3.60. The number of benzene rings is 1. The Labute approximate surface area is 110 Å². The van der Waals surface area contributed by atoms with Gasteiger partial charge in [-0.15, -0.1) is 0 Å². The summed E-state index contributed by atoms with van der Waals surface area (Å²) in [6.45, 7) is 2.06. The summed E-state index contributed by atoms with van der Waals surface area (Å²) in [4.78, 5) is 27.6. The number of aromatic nitrogens is 1. The molecule has 0 fully saturated rings. The molecule has 1 N–H and O–H groups in total. The molecule has 4 heteroatoms. The second-order valence-corrected chi connectivity index (χ2v) is 4.73. The van der Waals surface area contributed by atoms with E-state index in [9.17, 15) is 9.59 Å². The number of Topliss-reactive ketones (excluding diaryl/α,β-unsaturated/α-hetero) is 1. The van der Waals surface area contributed by atoms with Crippen molar-refractivity contribution in [2.45, 2.75) is 19.8 Å². The minimum atomic E-state index is -0.647. The fraction of sp³-hybridized carbons (Fsp3) is 0.333. The fourth-order valence-electron chi connectivity index (χ4n) is 2.73. The SMILES string of the molecule is CCOC(=O)[C@@H]1CCc2[nH]c3ccccc3c2C1=O. The monoisotopic (exact) mass is 257 g/mol. The van der Waals surface area contributed by atoms with E-state index in [1.54, 1.807) is 6.92 Å². The van der Waals surface area contributed by atoms with Gasteiger partial charge in [0.05, 0.1) is 6.61 Å². The third kappa shape index (κ3) is 1.84. The van der Waals surface area contributed by atoms with Crippen LogP contribution in [0.15, 0.2) is 24.3 Å². The predicted octanol–water partition coefficient (Wildman–Crippen LogP) is 2.48. The smallest absolute Gasteiger partial charge is 0.316 e. The van der Waals surface area contributed by atoms with E-state index in [2.05, 4.69) is 4.98 Å². The molecule has 3 rings (SSSR count). The van der Waals surface area contributed by atoms with Crippen LogP contribution in [-0.2, 0) is 16.0 Å². The van der Waals surface area contributed by atoms with Gasteiger partial charge in [-0.1, -0.05) is 18.2 Å². The van der Waals surface area contributed by atoms with Gasteiger partial charge in [-0.25, -0.2) is 0 Å². The zero-order valence-corrected chi connectivity index (χ0v) is 10.7. The highest BCUT2D eigenvalue weighted by Gasteiger charge is 2.35. The van der Waals surface area contributed by atoms with Crippen LogP contribution in [0.25, 0.3) is 10.9 Å². The normalized spacial score (nSPS) is 18.4. The number of esters is 1. The molecular formula is C15H15NO3. The Hall–Kier alpha value is -2.10. The van der Waals surface area contributed by atoms with Crippen molar-refractivity contribution in [3.05, 3.63) is 35.5 Å². The highest BCUT2D eigenvalue weighted by molar-refractivity contribution is 6.16. The molecule has 98 valence electrons. The molecule has 1 aliphatic rings. The number of H-pyrrole nitrogens is 1. The first-order chi connectivity index (χ1) is 9.22. The van der Waals surface area contributed by atoms with E-state index < -0.39 is 11.9 Å². The average molecular weight is 257 g/mol. The predicted molar refractivity (Wildman–Crippen MR) is 71.1 cm³/mol. The number of fused-ring (bicyclic) bond motifs is 3. The quantitative estimate of drug-likeness (QED) is 0.664. The standard InChI is InChI=1S/C15H15NO3/c1-2-19-15(18)10-7-8-12-13(14(10)17)9-5-3-4-6-11(9)16-12/h3-6,10,16H,2,7-8H2,1H3/t10-/m1/s1. The number of ketones is 1. The summed E-state index contributed by atoms with van der Waals surface area (Å²) >= 11 is 0. The van der Waals surface area contributed by atoms with E-state index in [1.165, 1.54) is 0 Å². The Balaban J connectivity index is 2.05. The Morgan fingerprint density at radius 3 is 3.00 bits per heavy atom. The molecule has 19 heavy (non-hydrogen) atoms. The molecule has 0 saturated heterocycles. The molecule has 1 aliphatic carbocycles. The number of carbonyl (C=O) groups is 2. The minimum absolute atomic E-state index is 0.114. The van der Waals surface area contributed by atoms with Crippen LogP contribution >= 0.6 is 0 Å². The fourth-order valence-corrected chi connectivity index (χ4v) is 2.73. The first-order valence-electron chi connectivity index (χ1n) is 6.52. The largest absolute Gasteiger partial charge is 0.465 e. The van der Waals surface area contributed by atoms with E-state index in [-0.39, 0.29) is 5.78 Å². The zero-order valence-electron chi connectivity index (χ0n) is 10.7. The first kappa shape index (κ1) is 12.0. The van der Waals surface area contributed by atoms with Crippen molar-refractivity contribution < 1.29 is 14.3 Å². The van der Waals surface area contributed by atoms with Crippen LogP contribution in [0.1, 0.15) is 29.4 Å². The number of hydrogen-bond donors (Lipinski definition) is 1. The van der Waals surface area contributed by atoms with Gasteiger partial charge < -0.3 is 9.72 Å². The van der Waals surface area contributed by atoms with E-state index >= 15 is 0 Å². The van der Waals surface area contributed by atoms with Gasteiger partial charge in [0.2, 0.25) is 0 Å². The number of aromatic amines is 1. The van der Waals surface area contributed by atoms with Crippen LogP contribution in [-0.4, -0.2) is 23.3 Å². The van der Waals surface area contributed by atoms with Crippen LogP contribution < -0.4 is 0 Å². The minimum Gasteiger partial charge on any atom is -0.465 e. The molecule has 0 unspecified atom stereocenters. The third-order valence-corrected chi connectivity index (χ3v) is 3.60. The summed E-state index contributed by atoms with van der Waals surface area (Å²) in [5.74, 6) is -1.16. The topological polar surface area (TPSA) is 59.2 Å². The molecule has 2 aromatic rings. The lowest BCUT2D eigenvalue weighted by Crippen LogP contribution is -2.30. The molecule has 1 heterocycles. The lowest BCUT2D eigenvalue weighted by Gasteiger charge is -2.19. The van der Waals surface area contributed by atoms with E-state index in [1.807, 2.05) is 24.3 Å². The number of rotatable bonds is 2. The molecule has 0 amide bonds. The first-order valence-corrected chi connectivity index (χ1v) is 6.52. The molecule has 0 bridgehead atoms. The van der Waals surface area contributed by atoms with Crippen molar-refractivity contribution in [3.8, 4) is 0 Å². The molecule has 0 radical (unpaired) electrons. The molecule has 0 spiro atoms. The van der Waals surface area contributed by atoms with Crippen molar-refractivity contribution >= 4 is 22.7 Å². The van der Waals surface area contributed by atoms with Crippen LogP contribution in [0.5, 0.6) is 0 Å². The molecule has 1 atom stereocenters. The van der Waals surface area contributed by atoms with Crippen molar-refractivity contribution in [3.63, 3.8) is 0 Å². The Kier molecular flexibility index (Phi) is 2.85. The van der Waals surface area contributed by atoms with Gasteiger partial charge in [0.1, 0.15) is 5.92 Å². The van der Waals surface area contributed by atoms with Crippen molar-refractivity contribution in [1.29, 1.82) is 0 Å². The second kappa shape index (κ2) is 4.53. The van der Waals surface area contributed by atoms with Crippen molar-refractivity contribution in [2.75, 3.05) is 6.61 Å². The summed E-state index contributed by atoms with van der Waals surface area (Å²) in [7, 11) is 0. The lowest BCUT2D eigenvalue weighted by molar-refractivity contribution is -0.146. The Bertz CT molecular complexity index is 656. The summed E-state index contributed by atoms with van der Waals surface area (Å²) in [6.07, 6.45) is 1.23. The summed E-state index contributed by atoms with van der Waals surface area (Å²) in [6, 6.07) is 7.69. The summed E-state index contributed by atoms with van der Waals surface area (Å²) in [5, 5.41) is 0.900. The maximum Gasteiger partial charge on any atom is 0.316 e. The summed E-state index contributed by atoms with van der Waals surface area (Å²) in [5.41, 5.74) is 2.55. The van der Waals surface area contributed by atoms with Gasteiger partial charge in [-0.05, 0) is 25.8 Å². The number of carbonyl (C=O) groups excluding carboxylic acids is 2. The van der Waals surface area contributed by atoms with Gasteiger partial charge >= 0.3 is 5.97 Å². The molecule has 0 saturated carbocycles. The van der Waals surface area contributed by atoms with Gasteiger partial charge in [-0.2, -0.15) is 0 Å². The van der Waals surface area contributed by atoms with Gasteiger partial charge in [0.15, 0.2) is 5.78 Å². The van der Waals surface area contributed by atoms with Crippen LogP contribution in [0.4, 0.5) is 0 Å². The van der Waals surface area contributed by atoms with Crippen LogP contribution in [0, 0.1) is 5.92 Å². The maximum absolute atomic E-state index is 12.5. The number of nitrogens with one attached hydrogen (secondary N) is 1. The average Bonchev–Trinajstić information content (AvgIpc) is 2.78. The number of hydrogen-bond acceptors (Lipinski definition) is 3. The maximum atomic E-state index is 12.5. The van der Waals surface area contributed by atoms with Crippen molar-refractivity contribution in [1.82, 2.24) is 4.98 Å². The van der Waals surface area contributed by atoms with Crippen LogP contribution in [0.3, 0.4) is 0 Å². The summed E-state index contributed by atoms with van der Waals surface area (Å²) < 4.78 is 4.99. The Morgan fingerprint density at radius 2 is 2.21 bits per heavy atom. The van der Waals surface area contributed by atoms with Gasteiger partial charge in [0.25, 0.3) is 0 Å². The number of aryl methyl sites for hydroxylation is 1. The number of para-hydroxylation sites is 1. The molecule has 1 aromatic heterocycles. The highest BCUT2D eigenvalue weighted by atomic mass is 16.5. The second-order valence-electron chi connectivity index (χ2n) is 4.73.